The molecule has 6 heteroatoms. The molecule has 0 unspecified atom stereocenters. The SMILES string of the molecule is CN1CCN(c2ncc3c(n2)CCN(Cc2cccc(Cl)c2)C3)CC1. The molecule has 0 atom stereocenters. The van der Waals surface area contributed by atoms with Gasteiger partial charge in [-0.2, -0.15) is 0 Å². The third-order valence-corrected chi connectivity index (χ3v) is 5.32. The third kappa shape index (κ3) is 3.94. The second-order valence-electron chi connectivity index (χ2n) is 7.02. The number of aromatic nitrogens is 2. The van der Waals surface area contributed by atoms with E-state index in [0.29, 0.717) is 0 Å². The molecule has 1 saturated heterocycles. The molecule has 1 aromatic heterocycles. The van der Waals surface area contributed by atoms with Crippen LogP contribution in [0.15, 0.2) is 30.5 Å². The summed E-state index contributed by atoms with van der Waals surface area (Å²) in [6.45, 7) is 7.03. The smallest absolute Gasteiger partial charge is 0.225 e. The number of nitrogens with zero attached hydrogens (tertiary/aromatic N) is 5. The Kier molecular flexibility index (Phi) is 4.88. The van der Waals surface area contributed by atoms with E-state index in [4.69, 9.17) is 16.6 Å². The molecule has 2 aliphatic rings. The van der Waals surface area contributed by atoms with Crippen molar-refractivity contribution in [2.24, 2.45) is 0 Å². The van der Waals surface area contributed by atoms with E-state index in [-0.39, 0.29) is 0 Å². The van der Waals surface area contributed by atoms with Crippen molar-refractivity contribution in [1.82, 2.24) is 19.8 Å². The summed E-state index contributed by atoms with van der Waals surface area (Å²) in [5, 5.41) is 0.801. The zero-order chi connectivity index (χ0) is 17.2. The van der Waals surface area contributed by atoms with Gasteiger partial charge in [-0.05, 0) is 24.7 Å². The van der Waals surface area contributed by atoms with Gasteiger partial charge in [-0.15, -0.1) is 0 Å². The monoisotopic (exact) mass is 357 g/mol. The van der Waals surface area contributed by atoms with Crippen molar-refractivity contribution >= 4 is 17.5 Å². The van der Waals surface area contributed by atoms with Crippen LogP contribution in [0.4, 0.5) is 5.95 Å². The topological polar surface area (TPSA) is 35.5 Å². The summed E-state index contributed by atoms with van der Waals surface area (Å²) in [5.74, 6) is 0.898. The molecule has 3 heterocycles. The van der Waals surface area contributed by atoms with E-state index in [9.17, 15) is 0 Å². The van der Waals surface area contributed by atoms with E-state index in [0.717, 1.165) is 63.2 Å². The van der Waals surface area contributed by atoms with Gasteiger partial charge in [0.2, 0.25) is 5.95 Å². The molecule has 4 rings (SSSR count). The second-order valence-corrected chi connectivity index (χ2v) is 7.46. The summed E-state index contributed by atoms with van der Waals surface area (Å²) >= 11 is 6.10. The highest BCUT2D eigenvalue weighted by Gasteiger charge is 2.21. The molecule has 5 nitrogen and oxygen atoms in total. The predicted molar refractivity (Wildman–Crippen MR) is 101 cm³/mol. The van der Waals surface area contributed by atoms with Gasteiger partial charge in [0.05, 0.1) is 5.69 Å². The Bertz CT molecular complexity index is 742. The highest BCUT2D eigenvalue weighted by atomic mass is 35.5. The first-order chi connectivity index (χ1) is 12.2. The number of hydrogen-bond acceptors (Lipinski definition) is 5. The fourth-order valence-corrected chi connectivity index (χ4v) is 3.76. The number of rotatable bonds is 3. The van der Waals surface area contributed by atoms with Gasteiger partial charge >= 0.3 is 0 Å². The number of benzene rings is 1. The zero-order valence-corrected chi connectivity index (χ0v) is 15.4. The van der Waals surface area contributed by atoms with Crippen molar-refractivity contribution in [1.29, 1.82) is 0 Å². The van der Waals surface area contributed by atoms with E-state index in [1.807, 2.05) is 24.4 Å². The van der Waals surface area contributed by atoms with Gasteiger partial charge in [0.15, 0.2) is 0 Å². The average molecular weight is 358 g/mol. The van der Waals surface area contributed by atoms with E-state index < -0.39 is 0 Å². The Balaban J connectivity index is 1.43. The van der Waals surface area contributed by atoms with Gasteiger partial charge in [-0.1, -0.05) is 23.7 Å². The molecule has 0 saturated carbocycles. The van der Waals surface area contributed by atoms with E-state index in [2.05, 4.69) is 32.8 Å². The van der Waals surface area contributed by atoms with Gasteiger partial charge in [-0.3, -0.25) is 4.90 Å². The van der Waals surface area contributed by atoms with Crippen molar-refractivity contribution < 1.29 is 0 Å². The quantitative estimate of drug-likeness (QED) is 0.843. The van der Waals surface area contributed by atoms with Crippen LogP contribution in [0.2, 0.25) is 5.02 Å². The third-order valence-electron chi connectivity index (χ3n) is 5.08. The number of halogens is 1. The molecule has 0 spiro atoms. The Hall–Kier alpha value is -1.69. The largest absolute Gasteiger partial charge is 0.338 e. The van der Waals surface area contributed by atoms with Crippen LogP contribution in [0.1, 0.15) is 16.8 Å². The summed E-state index contributed by atoms with van der Waals surface area (Å²) in [6, 6.07) is 8.11. The molecule has 0 radical (unpaired) electrons. The van der Waals surface area contributed by atoms with Crippen molar-refractivity contribution in [3.05, 3.63) is 52.3 Å². The molecular formula is C19H24ClN5. The van der Waals surface area contributed by atoms with E-state index >= 15 is 0 Å². The van der Waals surface area contributed by atoms with Gasteiger partial charge in [0.1, 0.15) is 0 Å². The maximum Gasteiger partial charge on any atom is 0.225 e. The van der Waals surface area contributed by atoms with Crippen LogP contribution in [0.3, 0.4) is 0 Å². The molecule has 132 valence electrons. The maximum atomic E-state index is 6.10. The molecule has 0 amide bonds. The first-order valence-corrected chi connectivity index (χ1v) is 9.30. The van der Waals surface area contributed by atoms with Gasteiger partial charge in [0, 0.05) is 69.0 Å². The minimum Gasteiger partial charge on any atom is -0.338 e. The first-order valence-electron chi connectivity index (χ1n) is 8.92. The van der Waals surface area contributed by atoms with Crippen LogP contribution in [-0.4, -0.2) is 59.5 Å². The number of anilines is 1. The van der Waals surface area contributed by atoms with Crippen LogP contribution in [0, 0.1) is 0 Å². The normalized spacial score (nSPS) is 19.0. The zero-order valence-electron chi connectivity index (χ0n) is 14.7. The molecule has 0 bridgehead atoms. The first kappa shape index (κ1) is 16.8. The van der Waals surface area contributed by atoms with Crippen LogP contribution < -0.4 is 4.90 Å². The highest BCUT2D eigenvalue weighted by molar-refractivity contribution is 6.30. The Labute approximate surface area is 154 Å². The number of likely N-dealkylation sites (N-methyl/N-ethyl adjacent to an activating group) is 1. The van der Waals surface area contributed by atoms with E-state index in [1.54, 1.807) is 0 Å². The molecule has 2 aromatic rings. The Morgan fingerprint density at radius 3 is 2.76 bits per heavy atom. The molecule has 0 N–H and O–H groups in total. The fraction of sp³-hybridized carbons (Fsp3) is 0.474. The lowest BCUT2D eigenvalue weighted by atomic mass is 10.1. The summed E-state index contributed by atoms with van der Waals surface area (Å²) in [7, 11) is 2.17. The second kappa shape index (κ2) is 7.28. The van der Waals surface area contributed by atoms with Crippen molar-refractivity contribution in [3.63, 3.8) is 0 Å². The lowest BCUT2D eigenvalue weighted by molar-refractivity contribution is 0.242. The summed E-state index contributed by atoms with van der Waals surface area (Å²) < 4.78 is 0. The highest BCUT2D eigenvalue weighted by Crippen LogP contribution is 2.22. The molecule has 1 fully saturated rings. The Morgan fingerprint density at radius 2 is 1.96 bits per heavy atom. The Morgan fingerprint density at radius 1 is 1.12 bits per heavy atom. The summed E-state index contributed by atoms with van der Waals surface area (Å²) in [6.07, 6.45) is 3.01. The van der Waals surface area contributed by atoms with Gasteiger partial charge in [0.25, 0.3) is 0 Å². The van der Waals surface area contributed by atoms with E-state index in [1.165, 1.54) is 16.8 Å². The molecule has 0 aliphatic carbocycles. The number of piperazine rings is 1. The van der Waals surface area contributed by atoms with Crippen LogP contribution in [-0.2, 0) is 19.5 Å². The standard InChI is InChI=1S/C19H24ClN5/c1-23-7-9-25(10-8-23)19-21-12-16-14-24(6-5-18(16)22-19)13-15-3-2-4-17(20)11-15/h2-4,11-12H,5-10,13-14H2,1H3. The molecule has 1 aromatic carbocycles. The number of fused-ring (bicyclic) bond motifs is 1. The van der Waals surface area contributed by atoms with Gasteiger partial charge < -0.3 is 9.80 Å². The van der Waals surface area contributed by atoms with Crippen molar-refractivity contribution in [3.8, 4) is 0 Å². The van der Waals surface area contributed by atoms with Gasteiger partial charge in [-0.25, -0.2) is 9.97 Å². The lowest BCUT2D eigenvalue weighted by Gasteiger charge is -2.33. The molecule has 2 aliphatic heterocycles. The summed E-state index contributed by atoms with van der Waals surface area (Å²) in [4.78, 5) is 16.6. The van der Waals surface area contributed by atoms with Crippen molar-refractivity contribution in [2.75, 3.05) is 44.7 Å². The fourth-order valence-electron chi connectivity index (χ4n) is 3.55. The minimum atomic E-state index is 0.801. The maximum absolute atomic E-state index is 6.10. The lowest BCUT2D eigenvalue weighted by Crippen LogP contribution is -2.45. The predicted octanol–water partition coefficient (Wildman–Crippen LogP) is 2.44. The molecule has 25 heavy (non-hydrogen) atoms. The van der Waals surface area contributed by atoms with Crippen LogP contribution in [0.5, 0.6) is 0 Å². The number of hydrogen-bond donors (Lipinski definition) is 0. The molecular weight excluding hydrogens is 334 g/mol. The minimum absolute atomic E-state index is 0.801. The average Bonchev–Trinajstić information content (AvgIpc) is 2.62. The van der Waals surface area contributed by atoms with Crippen LogP contribution >= 0.6 is 11.6 Å². The van der Waals surface area contributed by atoms with Crippen LogP contribution in [0.25, 0.3) is 0 Å². The summed E-state index contributed by atoms with van der Waals surface area (Å²) in [5.41, 5.74) is 3.73. The van der Waals surface area contributed by atoms with Crippen molar-refractivity contribution in [2.45, 2.75) is 19.5 Å².